The second kappa shape index (κ2) is 6.95. The Balaban J connectivity index is 2.78. The Labute approximate surface area is 114 Å². The number of likely N-dealkylation sites (N-methyl/N-ethyl adjacent to an activating group) is 1. The Morgan fingerprint density at radius 2 is 2.32 bits per heavy atom. The molecule has 19 heavy (non-hydrogen) atoms. The van der Waals surface area contributed by atoms with Gasteiger partial charge in [-0.2, -0.15) is 5.26 Å². The van der Waals surface area contributed by atoms with Gasteiger partial charge in [0.2, 0.25) is 5.91 Å². The molecule has 0 aliphatic rings. The highest BCUT2D eigenvalue weighted by atomic mass is 16.3. The van der Waals surface area contributed by atoms with Crippen molar-refractivity contribution in [1.82, 2.24) is 10.2 Å². The zero-order valence-electron chi connectivity index (χ0n) is 11.8. The van der Waals surface area contributed by atoms with Gasteiger partial charge in [-0.3, -0.25) is 4.79 Å². The molecule has 5 heteroatoms. The molecule has 0 aliphatic carbocycles. The highest BCUT2D eigenvalue weighted by Gasteiger charge is 2.31. The number of amides is 1. The van der Waals surface area contributed by atoms with Gasteiger partial charge < -0.3 is 14.6 Å². The van der Waals surface area contributed by atoms with Crippen molar-refractivity contribution >= 4 is 5.91 Å². The summed E-state index contributed by atoms with van der Waals surface area (Å²) in [5.41, 5.74) is -0.642. The summed E-state index contributed by atoms with van der Waals surface area (Å²) in [6.45, 7) is 7.17. The molecule has 1 aromatic heterocycles. The maximum atomic E-state index is 12.5. The molecule has 1 amide bonds. The van der Waals surface area contributed by atoms with E-state index in [1.165, 1.54) is 0 Å². The highest BCUT2D eigenvalue weighted by molar-refractivity contribution is 5.85. The van der Waals surface area contributed by atoms with E-state index in [-0.39, 0.29) is 5.91 Å². The number of nitrogens with one attached hydrogen (secondary N) is 1. The van der Waals surface area contributed by atoms with Crippen LogP contribution in [0.3, 0.4) is 0 Å². The van der Waals surface area contributed by atoms with Gasteiger partial charge in [0.05, 0.1) is 30.8 Å². The third-order valence-corrected chi connectivity index (χ3v) is 2.86. The fourth-order valence-corrected chi connectivity index (χ4v) is 1.94. The molecular formula is C14H21N3O2. The maximum Gasteiger partial charge on any atom is 0.242 e. The Morgan fingerprint density at radius 1 is 1.58 bits per heavy atom. The van der Waals surface area contributed by atoms with Crippen molar-refractivity contribution in [2.24, 2.45) is 0 Å². The van der Waals surface area contributed by atoms with Gasteiger partial charge >= 0.3 is 0 Å². The maximum absolute atomic E-state index is 12.5. The Kier molecular flexibility index (Phi) is 5.58. The first-order valence-corrected chi connectivity index (χ1v) is 6.45. The van der Waals surface area contributed by atoms with E-state index in [4.69, 9.17) is 9.68 Å². The number of carbonyl (C=O) groups is 1. The number of carbonyl (C=O) groups excluding carboxylic acids is 1. The zero-order valence-corrected chi connectivity index (χ0v) is 11.8. The average molecular weight is 263 g/mol. The van der Waals surface area contributed by atoms with E-state index in [9.17, 15) is 4.79 Å². The molecule has 0 saturated carbocycles. The number of nitriles is 1. The highest BCUT2D eigenvalue weighted by Crippen LogP contribution is 2.13. The normalized spacial score (nSPS) is 11.1. The third-order valence-electron chi connectivity index (χ3n) is 2.86. The van der Waals surface area contributed by atoms with E-state index in [1.54, 1.807) is 17.2 Å². The van der Waals surface area contributed by atoms with Crippen LogP contribution < -0.4 is 5.32 Å². The molecule has 0 aliphatic heterocycles. The molecule has 1 heterocycles. The van der Waals surface area contributed by atoms with Crippen molar-refractivity contribution in [3.05, 3.63) is 24.2 Å². The van der Waals surface area contributed by atoms with Gasteiger partial charge in [0.15, 0.2) is 0 Å². The standard InChI is InChI=1S/C14H21N3O2/c1-4-16-14(2,3)13(18)17(9-6-8-15)11-12-7-5-10-19-12/h5,7,10,16H,4,6,9,11H2,1-3H3. The minimum absolute atomic E-state index is 0.0269. The second-order valence-electron chi connectivity index (χ2n) is 4.87. The molecule has 0 fully saturated rings. The van der Waals surface area contributed by atoms with Crippen LogP contribution in [-0.2, 0) is 11.3 Å². The molecule has 1 rings (SSSR count). The fourth-order valence-electron chi connectivity index (χ4n) is 1.94. The van der Waals surface area contributed by atoms with Crippen molar-refractivity contribution in [2.75, 3.05) is 13.1 Å². The Morgan fingerprint density at radius 3 is 2.84 bits per heavy atom. The third kappa shape index (κ3) is 4.42. The predicted octanol–water partition coefficient (Wildman–Crippen LogP) is 1.91. The summed E-state index contributed by atoms with van der Waals surface area (Å²) in [4.78, 5) is 14.2. The molecule has 0 bridgehead atoms. The van der Waals surface area contributed by atoms with Gasteiger partial charge in [0.25, 0.3) is 0 Å². The van der Waals surface area contributed by atoms with Gasteiger partial charge in [0.1, 0.15) is 5.76 Å². The quantitative estimate of drug-likeness (QED) is 0.816. The van der Waals surface area contributed by atoms with Crippen LogP contribution in [-0.4, -0.2) is 29.4 Å². The fraction of sp³-hybridized carbons (Fsp3) is 0.571. The first kappa shape index (κ1) is 15.3. The number of nitrogens with zero attached hydrogens (tertiary/aromatic N) is 2. The van der Waals surface area contributed by atoms with Crippen molar-refractivity contribution < 1.29 is 9.21 Å². The van der Waals surface area contributed by atoms with E-state index in [2.05, 4.69) is 11.4 Å². The van der Waals surface area contributed by atoms with Gasteiger partial charge in [0, 0.05) is 6.54 Å². The molecular weight excluding hydrogens is 242 g/mol. The van der Waals surface area contributed by atoms with E-state index < -0.39 is 5.54 Å². The molecule has 0 atom stereocenters. The Bertz CT molecular complexity index is 432. The largest absolute Gasteiger partial charge is 0.467 e. The lowest BCUT2D eigenvalue weighted by molar-refractivity contribution is -0.138. The van der Waals surface area contributed by atoms with Crippen LogP contribution in [0, 0.1) is 11.3 Å². The lowest BCUT2D eigenvalue weighted by Crippen LogP contribution is -2.54. The van der Waals surface area contributed by atoms with Crippen LogP contribution >= 0.6 is 0 Å². The molecule has 0 aromatic carbocycles. The SMILES string of the molecule is CCNC(C)(C)C(=O)N(CCC#N)Cc1ccco1. The monoisotopic (exact) mass is 263 g/mol. The van der Waals surface area contributed by atoms with Crippen molar-refractivity contribution in [3.63, 3.8) is 0 Å². The van der Waals surface area contributed by atoms with Crippen molar-refractivity contribution in [1.29, 1.82) is 5.26 Å². The van der Waals surface area contributed by atoms with Crippen LogP contribution in [0.5, 0.6) is 0 Å². The minimum Gasteiger partial charge on any atom is -0.467 e. The summed E-state index contributed by atoms with van der Waals surface area (Å²) < 4.78 is 5.27. The van der Waals surface area contributed by atoms with Crippen LogP contribution in [0.2, 0.25) is 0 Å². The van der Waals surface area contributed by atoms with Crippen LogP contribution in [0.15, 0.2) is 22.8 Å². The second-order valence-corrected chi connectivity index (χ2v) is 4.87. The van der Waals surface area contributed by atoms with E-state index in [0.29, 0.717) is 26.1 Å². The molecule has 1 aromatic rings. The topological polar surface area (TPSA) is 69.3 Å². The van der Waals surface area contributed by atoms with E-state index in [1.807, 2.05) is 26.8 Å². The summed E-state index contributed by atoms with van der Waals surface area (Å²) in [6.07, 6.45) is 1.90. The number of hydrogen-bond acceptors (Lipinski definition) is 4. The van der Waals surface area contributed by atoms with E-state index in [0.717, 1.165) is 5.76 Å². The first-order valence-electron chi connectivity index (χ1n) is 6.45. The van der Waals surface area contributed by atoms with Crippen LogP contribution in [0.1, 0.15) is 33.0 Å². The van der Waals surface area contributed by atoms with Crippen molar-refractivity contribution in [3.8, 4) is 6.07 Å². The van der Waals surface area contributed by atoms with Crippen LogP contribution in [0.25, 0.3) is 0 Å². The molecule has 0 saturated heterocycles. The molecule has 5 nitrogen and oxygen atoms in total. The van der Waals surface area contributed by atoms with Gasteiger partial charge in [-0.1, -0.05) is 6.92 Å². The summed E-state index contributed by atoms with van der Waals surface area (Å²) >= 11 is 0. The summed E-state index contributed by atoms with van der Waals surface area (Å²) in [6, 6.07) is 5.69. The molecule has 104 valence electrons. The summed E-state index contributed by atoms with van der Waals surface area (Å²) in [5.74, 6) is 0.694. The Hall–Kier alpha value is -1.80. The van der Waals surface area contributed by atoms with Gasteiger partial charge in [-0.05, 0) is 32.5 Å². The van der Waals surface area contributed by atoms with Gasteiger partial charge in [-0.15, -0.1) is 0 Å². The van der Waals surface area contributed by atoms with Gasteiger partial charge in [-0.25, -0.2) is 0 Å². The number of rotatable bonds is 7. The molecule has 0 spiro atoms. The first-order chi connectivity index (χ1) is 9.01. The molecule has 0 unspecified atom stereocenters. The minimum atomic E-state index is -0.642. The molecule has 1 N–H and O–H groups in total. The molecule has 0 radical (unpaired) electrons. The lowest BCUT2D eigenvalue weighted by atomic mass is 10.0. The number of hydrogen-bond donors (Lipinski definition) is 1. The lowest BCUT2D eigenvalue weighted by Gasteiger charge is -2.31. The summed E-state index contributed by atoms with van der Waals surface area (Å²) in [5, 5.41) is 11.9. The van der Waals surface area contributed by atoms with E-state index >= 15 is 0 Å². The average Bonchev–Trinajstić information content (AvgIpc) is 2.86. The number of furan rings is 1. The zero-order chi connectivity index (χ0) is 14.3. The van der Waals surface area contributed by atoms with Crippen LogP contribution in [0.4, 0.5) is 0 Å². The predicted molar refractivity (Wildman–Crippen MR) is 72.1 cm³/mol. The smallest absolute Gasteiger partial charge is 0.242 e. The van der Waals surface area contributed by atoms with Crippen molar-refractivity contribution in [2.45, 2.75) is 39.3 Å². The summed E-state index contributed by atoms with van der Waals surface area (Å²) in [7, 11) is 0.